The van der Waals surface area contributed by atoms with Gasteiger partial charge in [-0.15, -0.1) is 0 Å². The van der Waals surface area contributed by atoms with Crippen LogP contribution in [0.3, 0.4) is 0 Å². The SMILES string of the molecule is OCCc1cccc2ccc3c4ccccc4ccc3c12. The average Bonchev–Trinajstić information content (AvgIpc) is 2.54. The Hall–Kier alpha value is -2.38. The summed E-state index contributed by atoms with van der Waals surface area (Å²) in [7, 11) is 0. The zero-order valence-electron chi connectivity index (χ0n) is 11.7. The smallest absolute Gasteiger partial charge is 0.0471 e. The van der Waals surface area contributed by atoms with Gasteiger partial charge in [-0.3, -0.25) is 0 Å². The van der Waals surface area contributed by atoms with E-state index in [4.69, 9.17) is 0 Å². The van der Waals surface area contributed by atoms with Crippen LogP contribution in [0.15, 0.2) is 66.7 Å². The molecule has 4 aromatic carbocycles. The van der Waals surface area contributed by atoms with Crippen LogP contribution in [0.5, 0.6) is 0 Å². The topological polar surface area (TPSA) is 20.2 Å². The fourth-order valence-electron chi connectivity index (χ4n) is 3.28. The first-order valence-electron chi connectivity index (χ1n) is 7.31. The van der Waals surface area contributed by atoms with E-state index in [2.05, 4.69) is 66.7 Å². The highest BCUT2D eigenvalue weighted by Crippen LogP contribution is 2.33. The number of hydrogen-bond acceptors (Lipinski definition) is 1. The summed E-state index contributed by atoms with van der Waals surface area (Å²) in [5, 5.41) is 16.9. The summed E-state index contributed by atoms with van der Waals surface area (Å²) in [5.74, 6) is 0. The normalized spacial score (nSPS) is 11.5. The van der Waals surface area contributed by atoms with Gasteiger partial charge in [0.1, 0.15) is 0 Å². The molecule has 4 aromatic rings. The third-order valence-corrected chi connectivity index (χ3v) is 4.23. The van der Waals surface area contributed by atoms with E-state index >= 15 is 0 Å². The Balaban J connectivity index is 2.20. The minimum Gasteiger partial charge on any atom is -0.396 e. The summed E-state index contributed by atoms with van der Waals surface area (Å²) in [5.41, 5.74) is 1.22. The van der Waals surface area contributed by atoms with Gasteiger partial charge in [0.2, 0.25) is 0 Å². The second kappa shape index (κ2) is 4.87. The van der Waals surface area contributed by atoms with Gasteiger partial charge in [0.05, 0.1) is 0 Å². The summed E-state index contributed by atoms with van der Waals surface area (Å²) in [4.78, 5) is 0. The summed E-state index contributed by atoms with van der Waals surface area (Å²) in [6.45, 7) is 0.184. The molecule has 0 fully saturated rings. The van der Waals surface area contributed by atoms with Gasteiger partial charge < -0.3 is 5.11 Å². The molecule has 0 aliphatic heterocycles. The molecule has 0 radical (unpaired) electrons. The van der Waals surface area contributed by atoms with Crippen LogP contribution in [0, 0.1) is 0 Å². The van der Waals surface area contributed by atoms with Crippen molar-refractivity contribution in [2.24, 2.45) is 0 Å². The lowest BCUT2D eigenvalue weighted by atomic mass is 9.93. The van der Waals surface area contributed by atoms with Gasteiger partial charge in [-0.05, 0) is 44.3 Å². The number of aliphatic hydroxyl groups excluding tert-OH is 1. The second-order valence-corrected chi connectivity index (χ2v) is 5.44. The number of rotatable bonds is 2. The molecule has 0 saturated heterocycles. The molecular formula is C20H16O. The van der Waals surface area contributed by atoms with Crippen LogP contribution < -0.4 is 0 Å². The van der Waals surface area contributed by atoms with E-state index in [0.29, 0.717) is 6.42 Å². The highest BCUT2D eigenvalue weighted by Gasteiger charge is 2.07. The summed E-state index contributed by atoms with van der Waals surface area (Å²) < 4.78 is 0. The zero-order valence-corrected chi connectivity index (χ0v) is 11.7. The summed E-state index contributed by atoms with van der Waals surface area (Å²) in [6, 6.07) is 23.6. The molecule has 0 bridgehead atoms. The molecule has 0 aromatic heterocycles. The highest BCUT2D eigenvalue weighted by molar-refractivity contribution is 6.18. The van der Waals surface area contributed by atoms with Gasteiger partial charge in [-0.1, -0.05) is 66.7 Å². The molecule has 0 spiro atoms. The Labute approximate surface area is 123 Å². The van der Waals surface area contributed by atoms with Crippen LogP contribution in [-0.2, 0) is 6.42 Å². The lowest BCUT2D eigenvalue weighted by Gasteiger charge is -2.11. The maximum Gasteiger partial charge on any atom is 0.0471 e. The Morgan fingerprint density at radius 3 is 2.29 bits per heavy atom. The number of aliphatic hydroxyl groups is 1. The Morgan fingerprint density at radius 2 is 1.38 bits per heavy atom. The predicted molar refractivity (Wildman–Crippen MR) is 89.7 cm³/mol. The molecule has 0 aliphatic carbocycles. The number of benzene rings is 4. The molecule has 1 nitrogen and oxygen atoms in total. The monoisotopic (exact) mass is 272 g/mol. The van der Waals surface area contributed by atoms with Crippen LogP contribution in [-0.4, -0.2) is 11.7 Å². The summed E-state index contributed by atoms with van der Waals surface area (Å²) >= 11 is 0. The Bertz CT molecular complexity index is 954. The maximum atomic E-state index is 9.32. The van der Waals surface area contributed by atoms with Gasteiger partial charge in [0.25, 0.3) is 0 Å². The van der Waals surface area contributed by atoms with E-state index in [1.54, 1.807) is 0 Å². The van der Waals surface area contributed by atoms with Gasteiger partial charge >= 0.3 is 0 Å². The van der Waals surface area contributed by atoms with Crippen molar-refractivity contribution in [3.63, 3.8) is 0 Å². The van der Waals surface area contributed by atoms with Crippen molar-refractivity contribution < 1.29 is 5.11 Å². The third kappa shape index (κ3) is 1.90. The van der Waals surface area contributed by atoms with Crippen molar-refractivity contribution in [2.45, 2.75) is 6.42 Å². The van der Waals surface area contributed by atoms with Crippen molar-refractivity contribution in [1.82, 2.24) is 0 Å². The van der Waals surface area contributed by atoms with Crippen LogP contribution in [0.1, 0.15) is 5.56 Å². The minimum absolute atomic E-state index is 0.184. The Kier molecular flexibility index (Phi) is 2.87. The summed E-state index contributed by atoms with van der Waals surface area (Å²) in [6.07, 6.45) is 0.698. The van der Waals surface area contributed by atoms with Crippen molar-refractivity contribution >= 4 is 32.3 Å². The van der Waals surface area contributed by atoms with Crippen LogP contribution in [0.2, 0.25) is 0 Å². The second-order valence-electron chi connectivity index (χ2n) is 5.44. The molecule has 0 saturated carbocycles. The van der Waals surface area contributed by atoms with Crippen LogP contribution >= 0.6 is 0 Å². The largest absolute Gasteiger partial charge is 0.396 e. The van der Waals surface area contributed by atoms with Crippen molar-refractivity contribution in [3.05, 3.63) is 72.3 Å². The van der Waals surface area contributed by atoms with Gasteiger partial charge in [-0.25, -0.2) is 0 Å². The molecule has 102 valence electrons. The quantitative estimate of drug-likeness (QED) is 0.525. The highest BCUT2D eigenvalue weighted by atomic mass is 16.2. The van der Waals surface area contributed by atoms with E-state index < -0.39 is 0 Å². The van der Waals surface area contributed by atoms with Gasteiger partial charge in [0, 0.05) is 6.61 Å². The first-order chi connectivity index (χ1) is 10.4. The van der Waals surface area contributed by atoms with E-state index in [1.807, 2.05) is 0 Å². The Morgan fingerprint density at radius 1 is 0.619 bits per heavy atom. The molecule has 0 aliphatic rings. The van der Waals surface area contributed by atoms with E-state index in [-0.39, 0.29) is 6.61 Å². The lowest BCUT2D eigenvalue weighted by Crippen LogP contribution is -1.92. The van der Waals surface area contributed by atoms with E-state index in [0.717, 1.165) is 0 Å². The predicted octanol–water partition coefficient (Wildman–Crippen LogP) is 4.68. The van der Waals surface area contributed by atoms with E-state index in [9.17, 15) is 5.11 Å². The maximum absolute atomic E-state index is 9.32. The molecule has 21 heavy (non-hydrogen) atoms. The molecule has 0 amide bonds. The molecule has 0 atom stereocenters. The zero-order chi connectivity index (χ0) is 14.2. The first-order valence-corrected chi connectivity index (χ1v) is 7.31. The van der Waals surface area contributed by atoms with Crippen LogP contribution in [0.4, 0.5) is 0 Å². The van der Waals surface area contributed by atoms with E-state index in [1.165, 1.54) is 37.9 Å². The van der Waals surface area contributed by atoms with Crippen molar-refractivity contribution in [2.75, 3.05) is 6.61 Å². The van der Waals surface area contributed by atoms with Gasteiger partial charge in [-0.2, -0.15) is 0 Å². The van der Waals surface area contributed by atoms with Gasteiger partial charge in [0.15, 0.2) is 0 Å². The molecule has 0 unspecified atom stereocenters. The fraction of sp³-hybridized carbons (Fsp3) is 0.100. The lowest BCUT2D eigenvalue weighted by molar-refractivity contribution is 0.300. The van der Waals surface area contributed by atoms with Crippen molar-refractivity contribution in [1.29, 1.82) is 0 Å². The molecule has 1 heteroatoms. The van der Waals surface area contributed by atoms with Crippen LogP contribution in [0.25, 0.3) is 32.3 Å². The number of hydrogen-bond donors (Lipinski definition) is 1. The van der Waals surface area contributed by atoms with Crippen molar-refractivity contribution in [3.8, 4) is 0 Å². The first kappa shape index (κ1) is 12.4. The standard InChI is InChI=1S/C20H16O/c21-13-12-16-6-3-5-15-9-10-18-17-7-2-1-4-14(17)8-11-19(18)20(15)16/h1-11,21H,12-13H2. The molecular weight excluding hydrogens is 256 g/mol. The third-order valence-electron chi connectivity index (χ3n) is 4.23. The average molecular weight is 272 g/mol. The molecule has 0 heterocycles. The molecule has 4 rings (SSSR count). The number of fused-ring (bicyclic) bond motifs is 5. The minimum atomic E-state index is 0.184. The fourth-order valence-corrected chi connectivity index (χ4v) is 3.28. The molecule has 1 N–H and O–H groups in total.